The number of aliphatic hydroxyl groups is 2. The van der Waals surface area contributed by atoms with E-state index < -0.39 is 6.04 Å². The van der Waals surface area contributed by atoms with Gasteiger partial charge < -0.3 is 20.3 Å². The third kappa shape index (κ3) is 2.77. The fraction of sp³-hybridized carbons (Fsp3) is 0.357. The number of hydrogen-bond donors (Lipinski definition) is 3. The van der Waals surface area contributed by atoms with Crippen molar-refractivity contribution in [2.75, 3.05) is 25.6 Å². The lowest BCUT2D eigenvalue weighted by Gasteiger charge is -2.17. The number of hydrogen-bond acceptors (Lipinski definition) is 5. The maximum absolute atomic E-state index is 9.17. The minimum Gasteiger partial charge on any atom is -0.494 e. The standard InChI is InChI=1S/C14H18N2O3/c1-9-6-12(16-10(7-17)8-18)11-4-3-5-13(19-2)14(11)15-9/h3-6,10,17-18H,7-8H2,1-2H3,(H,15,16). The van der Waals surface area contributed by atoms with E-state index in [1.165, 1.54) is 0 Å². The number of anilines is 1. The normalized spacial score (nSPS) is 11.0. The molecule has 0 unspecified atom stereocenters. The van der Waals surface area contributed by atoms with Crippen LogP contribution < -0.4 is 10.1 Å². The second-order valence-electron chi connectivity index (χ2n) is 4.37. The van der Waals surface area contributed by atoms with Crippen molar-refractivity contribution in [3.05, 3.63) is 30.0 Å². The van der Waals surface area contributed by atoms with Gasteiger partial charge in [-0.1, -0.05) is 12.1 Å². The molecule has 19 heavy (non-hydrogen) atoms. The Kier molecular flexibility index (Phi) is 4.19. The smallest absolute Gasteiger partial charge is 0.145 e. The van der Waals surface area contributed by atoms with E-state index in [1.807, 2.05) is 31.2 Å². The van der Waals surface area contributed by atoms with Gasteiger partial charge in [-0.3, -0.25) is 0 Å². The summed E-state index contributed by atoms with van der Waals surface area (Å²) in [5, 5.41) is 22.4. The number of pyridine rings is 1. The van der Waals surface area contributed by atoms with Crippen molar-refractivity contribution in [2.24, 2.45) is 0 Å². The van der Waals surface area contributed by atoms with Crippen LogP contribution in [0.15, 0.2) is 24.3 Å². The highest BCUT2D eigenvalue weighted by molar-refractivity contribution is 5.95. The van der Waals surface area contributed by atoms with E-state index in [0.29, 0.717) is 5.75 Å². The van der Waals surface area contributed by atoms with Gasteiger partial charge in [0.2, 0.25) is 0 Å². The summed E-state index contributed by atoms with van der Waals surface area (Å²) in [5.41, 5.74) is 2.44. The van der Waals surface area contributed by atoms with E-state index in [0.717, 1.165) is 22.3 Å². The van der Waals surface area contributed by atoms with Crippen LogP contribution in [-0.4, -0.2) is 41.6 Å². The maximum Gasteiger partial charge on any atom is 0.145 e. The summed E-state index contributed by atoms with van der Waals surface area (Å²) in [5.74, 6) is 0.703. The topological polar surface area (TPSA) is 74.6 Å². The Morgan fingerprint density at radius 2 is 2.05 bits per heavy atom. The molecule has 0 aliphatic heterocycles. The molecule has 2 rings (SSSR count). The number of methoxy groups -OCH3 is 1. The predicted molar refractivity (Wildman–Crippen MR) is 74.6 cm³/mol. The van der Waals surface area contributed by atoms with Crippen LogP contribution in [0.4, 0.5) is 5.69 Å². The number of rotatable bonds is 5. The first-order valence-corrected chi connectivity index (χ1v) is 6.12. The molecule has 102 valence electrons. The van der Waals surface area contributed by atoms with Crippen LogP contribution >= 0.6 is 0 Å². The first-order valence-electron chi connectivity index (χ1n) is 6.12. The Morgan fingerprint density at radius 3 is 2.68 bits per heavy atom. The Labute approximate surface area is 111 Å². The molecule has 0 fully saturated rings. The monoisotopic (exact) mass is 262 g/mol. The van der Waals surface area contributed by atoms with Crippen LogP contribution in [0.25, 0.3) is 10.9 Å². The second-order valence-corrected chi connectivity index (χ2v) is 4.37. The van der Waals surface area contributed by atoms with E-state index in [4.69, 9.17) is 14.9 Å². The molecule has 0 aliphatic rings. The molecule has 1 heterocycles. The zero-order chi connectivity index (χ0) is 13.8. The number of para-hydroxylation sites is 1. The highest BCUT2D eigenvalue weighted by Gasteiger charge is 2.11. The third-order valence-electron chi connectivity index (χ3n) is 2.95. The largest absolute Gasteiger partial charge is 0.494 e. The number of nitrogens with one attached hydrogen (secondary N) is 1. The highest BCUT2D eigenvalue weighted by atomic mass is 16.5. The Bertz CT molecular complexity index is 568. The van der Waals surface area contributed by atoms with Crippen molar-refractivity contribution >= 4 is 16.6 Å². The molecule has 1 aromatic carbocycles. The first kappa shape index (κ1) is 13.6. The van der Waals surface area contributed by atoms with Crippen LogP contribution in [0.3, 0.4) is 0 Å². The van der Waals surface area contributed by atoms with E-state index in [9.17, 15) is 0 Å². The Balaban J connectivity index is 2.54. The van der Waals surface area contributed by atoms with E-state index in [1.54, 1.807) is 7.11 Å². The second kappa shape index (κ2) is 5.86. The highest BCUT2D eigenvalue weighted by Crippen LogP contribution is 2.30. The number of fused-ring (bicyclic) bond motifs is 1. The minimum atomic E-state index is -0.392. The Morgan fingerprint density at radius 1 is 1.32 bits per heavy atom. The molecule has 2 aromatic rings. The first-order chi connectivity index (χ1) is 9.19. The SMILES string of the molecule is COc1cccc2c(NC(CO)CO)cc(C)nc12. The van der Waals surface area contributed by atoms with Gasteiger partial charge in [-0.25, -0.2) is 4.98 Å². The summed E-state index contributed by atoms with van der Waals surface area (Å²) in [7, 11) is 1.61. The van der Waals surface area contributed by atoms with Gasteiger partial charge in [-0.05, 0) is 19.1 Å². The molecule has 5 heteroatoms. The lowest BCUT2D eigenvalue weighted by atomic mass is 10.1. The van der Waals surface area contributed by atoms with Crippen molar-refractivity contribution in [2.45, 2.75) is 13.0 Å². The number of aliphatic hydroxyl groups excluding tert-OH is 2. The van der Waals surface area contributed by atoms with Crippen molar-refractivity contribution in [1.82, 2.24) is 4.98 Å². The summed E-state index contributed by atoms with van der Waals surface area (Å²) < 4.78 is 5.31. The molecule has 0 saturated carbocycles. The van der Waals surface area contributed by atoms with Crippen LogP contribution in [0, 0.1) is 6.92 Å². The molecule has 3 N–H and O–H groups in total. The molecule has 5 nitrogen and oxygen atoms in total. The van der Waals surface area contributed by atoms with Crippen molar-refractivity contribution in [1.29, 1.82) is 0 Å². The van der Waals surface area contributed by atoms with Gasteiger partial charge in [0.05, 0.1) is 26.4 Å². The molecule has 1 aromatic heterocycles. The molecule has 0 aliphatic carbocycles. The minimum absolute atomic E-state index is 0.136. The number of aryl methyl sites for hydroxylation is 1. The molecule has 0 atom stereocenters. The zero-order valence-corrected chi connectivity index (χ0v) is 11.1. The van der Waals surface area contributed by atoms with Gasteiger partial charge >= 0.3 is 0 Å². The summed E-state index contributed by atoms with van der Waals surface area (Å²) in [6, 6.07) is 7.17. The van der Waals surface area contributed by atoms with Crippen molar-refractivity contribution < 1.29 is 14.9 Å². The van der Waals surface area contributed by atoms with Crippen LogP contribution in [-0.2, 0) is 0 Å². The molecule has 0 saturated heterocycles. The van der Waals surface area contributed by atoms with Crippen molar-refractivity contribution in [3.63, 3.8) is 0 Å². The third-order valence-corrected chi connectivity index (χ3v) is 2.95. The summed E-state index contributed by atoms with van der Waals surface area (Å²) in [6.07, 6.45) is 0. The summed E-state index contributed by atoms with van der Waals surface area (Å²) in [4.78, 5) is 4.48. The Hall–Kier alpha value is -1.85. The van der Waals surface area contributed by atoms with E-state index in [-0.39, 0.29) is 13.2 Å². The van der Waals surface area contributed by atoms with Gasteiger partial charge in [0.25, 0.3) is 0 Å². The van der Waals surface area contributed by atoms with Crippen LogP contribution in [0.2, 0.25) is 0 Å². The van der Waals surface area contributed by atoms with Gasteiger partial charge in [0.15, 0.2) is 0 Å². The molecular weight excluding hydrogens is 244 g/mol. The zero-order valence-electron chi connectivity index (χ0n) is 11.1. The molecule has 0 bridgehead atoms. The van der Waals surface area contributed by atoms with Gasteiger partial charge in [0.1, 0.15) is 11.3 Å². The lowest BCUT2D eigenvalue weighted by Crippen LogP contribution is -2.27. The van der Waals surface area contributed by atoms with Crippen molar-refractivity contribution in [3.8, 4) is 5.75 Å². The van der Waals surface area contributed by atoms with Gasteiger partial charge in [0, 0.05) is 16.8 Å². The molecule has 0 amide bonds. The number of ether oxygens (including phenoxy) is 1. The molecule has 0 radical (unpaired) electrons. The maximum atomic E-state index is 9.17. The fourth-order valence-electron chi connectivity index (χ4n) is 2.00. The van der Waals surface area contributed by atoms with Gasteiger partial charge in [-0.15, -0.1) is 0 Å². The van der Waals surface area contributed by atoms with E-state index in [2.05, 4.69) is 10.3 Å². The molecule has 0 spiro atoms. The number of aromatic nitrogens is 1. The molecular formula is C14H18N2O3. The van der Waals surface area contributed by atoms with Crippen LogP contribution in [0.5, 0.6) is 5.75 Å². The average Bonchev–Trinajstić information content (AvgIpc) is 2.43. The van der Waals surface area contributed by atoms with Crippen LogP contribution in [0.1, 0.15) is 5.69 Å². The van der Waals surface area contributed by atoms with E-state index >= 15 is 0 Å². The van der Waals surface area contributed by atoms with Gasteiger partial charge in [-0.2, -0.15) is 0 Å². The summed E-state index contributed by atoms with van der Waals surface area (Å²) in [6.45, 7) is 1.62. The predicted octanol–water partition coefficient (Wildman–Crippen LogP) is 1.32. The number of benzene rings is 1. The number of nitrogens with zero attached hydrogens (tertiary/aromatic N) is 1. The lowest BCUT2D eigenvalue weighted by molar-refractivity contribution is 0.204. The average molecular weight is 262 g/mol. The quantitative estimate of drug-likeness (QED) is 0.757. The summed E-state index contributed by atoms with van der Waals surface area (Å²) >= 11 is 0. The fourth-order valence-corrected chi connectivity index (χ4v) is 2.00.